The average Bonchev–Trinajstić information content (AvgIpc) is 3.11. The summed E-state index contributed by atoms with van der Waals surface area (Å²) in [7, 11) is -3.18. The lowest BCUT2D eigenvalue weighted by Gasteiger charge is -2.38. The van der Waals surface area contributed by atoms with Crippen LogP contribution in [0, 0.1) is 5.92 Å². The summed E-state index contributed by atoms with van der Waals surface area (Å²) in [4.78, 5) is 23.3. The van der Waals surface area contributed by atoms with E-state index in [4.69, 9.17) is 4.98 Å². The minimum absolute atomic E-state index is 0.0217. The van der Waals surface area contributed by atoms with Crippen LogP contribution in [0.2, 0.25) is 0 Å². The number of likely N-dealkylation sites (tertiary alicyclic amines) is 1. The summed E-state index contributed by atoms with van der Waals surface area (Å²) in [6, 6.07) is 7.90. The second kappa shape index (κ2) is 7.24. The number of aromatic nitrogens is 2. The number of rotatable bonds is 3. The first kappa shape index (κ1) is 18.4. The number of H-pyrrole nitrogens is 1. The van der Waals surface area contributed by atoms with Crippen molar-refractivity contribution in [1.29, 1.82) is 0 Å². The first-order chi connectivity index (χ1) is 12.9. The molecule has 1 amide bonds. The molecule has 1 aromatic carbocycles. The number of hydrogen-bond acceptors (Lipinski definition) is 4. The van der Waals surface area contributed by atoms with Crippen molar-refractivity contribution < 1.29 is 13.2 Å². The first-order valence-corrected chi connectivity index (χ1v) is 11.5. The van der Waals surface area contributed by atoms with Crippen molar-refractivity contribution in [3.05, 3.63) is 30.1 Å². The third-order valence-electron chi connectivity index (χ3n) is 5.78. The fraction of sp³-hybridized carbons (Fsp3) is 0.579. The lowest BCUT2D eigenvalue weighted by Crippen LogP contribution is -2.46. The molecule has 8 heteroatoms. The largest absolute Gasteiger partial charge is 0.340 e. The molecule has 7 nitrogen and oxygen atoms in total. The van der Waals surface area contributed by atoms with Gasteiger partial charge in [0.25, 0.3) is 0 Å². The lowest BCUT2D eigenvalue weighted by atomic mass is 9.93. The molecule has 1 aromatic heterocycles. The van der Waals surface area contributed by atoms with Crippen LogP contribution >= 0.6 is 0 Å². The highest BCUT2D eigenvalue weighted by atomic mass is 32.2. The molecule has 0 saturated carbocycles. The monoisotopic (exact) mass is 390 g/mol. The van der Waals surface area contributed by atoms with Crippen molar-refractivity contribution in [1.82, 2.24) is 19.2 Å². The predicted octanol–water partition coefficient (Wildman–Crippen LogP) is 2.29. The average molecular weight is 391 g/mol. The molecule has 27 heavy (non-hydrogen) atoms. The Kier molecular flexibility index (Phi) is 4.94. The number of nitrogens with zero attached hydrogens (tertiary/aromatic N) is 3. The van der Waals surface area contributed by atoms with E-state index in [1.165, 1.54) is 10.6 Å². The molecule has 0 radical (unpaired) electrons. The number of aromatic amines is 1. The SMILES string of the molecule is CS(=O)(=O)N1CCC(C(=O)N2CCCC[C@H]2c2nc3ccccc3[nH]2)CC1. The highest BCUT2D eigenvalue weighted by molar-refractivity contribution is 7.88. The summed E-state index contributed by atoms with van der Waals surface area (Å²) in [5.74, 6) is 0.902. The molecule has 0 bridgehead atoms. The number of benzene rings is 1. The maximum absolute atomic E-state index is 13.2. The van der Waals surface area contributed by atoms with Gasteiger partial charge in [-0.3, -0.25) is 4.79 Å². The highest BCUT2D eigenvalue weighted by Gasteiger charge is 2.36. The topological polar surface area (TPSA) is 86.4 Å². The molecule has 146 valence electrons. The number of amides is 1. The Labute approximate surface area is 159 Å². The van der Waals surface area contributed by atoms with Gasteiger partial charge in [-0.25, -0.2) is 17.7 Å². The van der Waals surface area contributed by atoms with E-state index in [-0.39, 0.29) is 17.9 Å². The van der Waals surface area contributed by atoms with Crippen LogP contribution < -0.4 is 0 Å². The molecular weight excluding hydrogens is 364 g/mol. The van der Waals surface area contributed by atoms with Crippen molar-refractivity contribution in [3.8, 4) is 0 Å². The van der Waals surface area contributed by atoms with Gasteiger partial charge in [0.1, 0.15) is 5.82 Å². The summed E-state index contributed by atoms with van der Waals surface area (Å²) < 4.78 is 24.9. The molecule has 3 heterocycles. The van der Waals surface area contributed by atoms with Crippen LogP contribution in [0.1, 0.15) is 44.0 Å². The summed E-state index contributed by atoms with van der Waals surface area (Å²) in [5, 5.41) is 0. The Morgan fingerprint density at radius 1 is 1.11 bits per heavy atom. The second-order valence-corrected chi connectivity index (χ2v) is 9.60. The van der Waals surface area contributed by atoms with Gasteiger partial charge in [0.05, 0.1) is 23.3 Å². The Balaban J connectivity index is 1.51. The molecule has 1 N–H and O–H groups in total. The van der Waals surface area contributed by atoms with Crippen molar-refractivity contribution in [2.75, 3.05) is 25.9 Å². The maximum Gasteiger partial charge on any atom is 0.226 e. The van der Waals surface area contributed by atoms with E-state index in [0.717, 1.165) is 42.7 Å². The molecule has 0 spiro atoms. The molecule has 4 rings (SSSR count). The third kappa shape index (κ3) is 3.73. The van der Waals surface area contributed by atoms with Gasteiger partial charge in [-0.2, -0.15) is 0 Å². The van der Waals surface area contributed by atoms with Gasteiger partial charge in [-0.1, -0.05) is 12.1 Å². The Hall–Kier alpha value is -1.93. The van der Waals surface area contributed by atoms with E-state index in [0.29, 0.717) is 25.9 Å². The first-order valence-electron chi connectivity index (χ1n) is 9.64. The fourth-order valence-electron chi connectivity index (χ4n) is 4.28. The summed E-state index contributed by atoms with van der Waals surface area (Å²) in [6.07, 6.45) is 5.41. The van der Waals surface area contributed by atoms with E-state index in [1.807, 2.05) is 29.2 Å². The van der Waals surface area contributed by atoms with Crippen LogP contribution in [0.4, 0.5) is 0 Å². The van der Waals surface area contributed by atoms with E-state index in [9.17, 15) is 13.2 Å². The van der Waals surface area contributed by atoms with Crippen LogP contribution in [-0.2, 0) is 14.8 Å². The minimum Gasteiger partial charge on any atom is -0.340 e. The number of hydrogen-bond donors (Lipinski definition) is 1. The van der Waals surface area contributed by atoms with Gasteiger partial charge < -0.3 is 9.88 Å². The number of piperidine rings is 2. The van der Waals surface area contributed by atoms with E-state index >= 15 is 0 Å². The Morgan fingerprint density at radius 3 is 2.56 bits per heavy atom. The molecule has 1 atom stereocenters. The number of sulfonamides is 1. The van der Waals surface area contributed by atoms with Gasteiger partial charge in [-0.05, 0) is 44.2 Å². The molecule has 0 aliphatic carbocycles. The summed E-state index contributed by atoms with van der Waals surface area (Å²) in [6.45, 7) is 1.60. The molecule has 2 aliphatic rings. The number of carbonyl (C=O) groups excluding carboxylic acids is 1. The predicted molar refractivity (Wildman–Crippen MR) is 104 cm³/mol. The lowest BCUT2D eigenvalue weighted by molar-refractivity contribution is -0.141. The molecular formula is C19H26N4O3S. The van der Waals surface area contributed by atoms with Gasteiger partial charge in [0.15, 0.2) is 0 Å². The Morgan fingerprint density at radius 2 is 1.85 bits per heavy atom. The maximum atomic E-state index is 13.2. The second-order valence-electron chi connectivity index (χ2n) is 7.62. The summed E-state index contributed by atoms with van der Waals surface area (Å²) >= 11 is 0. The number of carbonyl (C=O) groups is 1. The zero-order valence-corrected chi connectivity index (χ0v) is 16.4. The van der Waals surface area contributed by atoms with Gasteiger partial charge in [0.2, 0.25) is 15.9 Å². The zero-order chi connectivity index (χ0) is 19.0. The van der Waals surface area contributed by atoms with Crippen LogP contribution in [-0.4, -0.2) is 59.4 Å². The number of para-hydroxylation sites is 2. The molecule has 2 saturated heterocycles. The minimum atomic E-state index is -3.18. The molecule has 2 aromatic rings. The molecule has 2 fully saturated rings. The molecule has 2 aliphatic heterocycles. The Bertz CT molecular complexity index is 898. The van der Waals surface area contributed by atoms with Gasteiger partial charge >= 0.3 is 0 Å². The fourth-order valence-corrected chi connectivity index (χ4v) is 5.15. The van der Waals surface area contributed by atoms with E-state index < -0.39 is 10.0 Å². The van der Waals surface area contributed by atoms with Crippen molar-refractivity contribution in [3.63, 3.8) is 0 Å². The van der Waals surface area contributed by atoms with E-state index in [2.05, 4.69) is 4.98 Å². The third-order valence-corrected chi connectivity index (χ3v) is 7.08. The van der Waals surface area contributed by atoms with Crippen molar-refractivity contribution in [2.24, 2.45) is 5.92 Å². The van der Waals surface area contributed by atoms with Crippen LogP contribution in [0.3, 0.4) is 0 Å². The number of imidazole rings is 1. The van der Waals surface area contributed by atoms with Crippen molar-refractivity contribution in [2.45, 2.75) is 38.1 Å². The molecule has 0 unspecified atom stereocenters. The number of nitrogens with one attached hydrogen (secondary N) is 1. The summed E-state index contributed by atoms with van der Waals surface area (Å²) in [5.41, 5.74) is 1.92. The smallest absolute Gasteiger partial charge is 0.226 e. The standard InChI is InChI=1S/C19H26N4O3S/c1-27(25,26)22-12-9-14(10-13-22)19(24)23-11-5-4-8-17(23)18-20-15-6-2-3-7-16(15)21-18/h2-3,6-7,14,17H,4-5,8-13H2,1H3,(H,20,21)/t17-/m0/s1. The van der Waals surface area contributed by atoms with E-state index in [1.54, 1.807) is 0 Å². The highest BCUT2D eigenvalue weighted by Crippen LogP contribution is 2.33. The van der Waals surface area contributed by atoms with Gasteiger partial charge in [-0.15, -0.1) is 0 Å². The number of fused-ring (bicyclic) bond motifs is 1. The van der Waals surface area contributed by atoms with Crippen LogP contribution in [0.15, 0.2) is 24.3 Å². The zero-order valence-electron chi connectivity index (χ0n) is 15.6. The van der Waals surface area contributed by atoms with Crippen LogP contribution in [0.25, 0.3) is 11.0 Å². The van der Waals surface area contributed by atoms with Crippen molar-refractivity contribution >= 4 is 27.0 Å². The van der Waals surface area contributed by atoms with Crippen LogP contribution in [0.5, 0.6) is 0 Å². The normalized spacial score (nSPS) is 23.0. The quantitative estimate of drug-likeness (QED) is 0.871. The van der Waals surface area contributed by atoms with Gasteiger partial charge in [0, 0.05) is 25.6 Å².